The smallest absolute Gasteiger partial charge is 0.195 e. The summed E-state index contributed by atoms with van der Waals surface area (Å²) in [6.07, 6.45) is 0. The number of fused-ring (bicyclic) bond motifs is 1. The van der Waals surface area contributed by atoms with Crippen LogP contribution >= 0.6 is 27.7 Å². The van der Waals surface area contributed by atoms with Crippen LogP contribution in [0.2, 0.25) is 0 Å². The molecule has 5 heteroatoms. The van der Waals surface area contributed by atoms with E-state index in [0.29, 0.717) is 0 Å². The highest BCUT2D eigenvalue weighted by Crippen LogP contribution is 2.43. The molecule has 136 valence electrons. The van der Waals surface area contributed by atoms with E-state index in [0.717, 1.165) is 32.2 Å². The second-order valence-corrected chi connectivity index (χ2v) is 8.30. The largest absolute Gasteiger partial charge is 0.305 e. The molecule has 0 fully saturated rings. The van der Waals surface area contributed by atoms with Gasteiger partial charge in [-0.15, -0.1) is 10.2 Å². The van der Waals surface area contributed by atoms with E-state index in [1.165, 1.54) is 5.56 Å². The molecule has 28 heavy (non-hydrogen) atoms. The lowest BCUT2D eigenvalue weighted by molar-refractivity contribution is 0.532. The molecule has 5 rings (SSSR count). The second-order valence-electron chi connectivity index (χ2n) is 6.54. The van der Waals surface area contributed by atoms with Gasteiger partial charge in [-0.1, -0.05) is 100 Å². The van der Waals surface area contributed by atoms with Gasteiger partial charge < -0.3 is 4.90 Å². The zero-order valence-electron chi connectivity index (χ0n) is 14.9. The van der Waals surface area contributed by atoms with Crippen molar-refractivity contribution in [3.8, 4) is 0 Å². The molecule has 0 aliphatic carbocycles. The molecule has 0 aromatic heterocycles. The first-order chi connectivity index (χ1) is 13.8. The fourth-order valence-corrected chi connectivity index (χ4v) is 4.65. The summed E-state index contributed by atoms with van der Waals surface area (Å²) in [4.78, 5) is 2.30. The lowest BCUT2D eigenvalue weighted by atomic mass is 9.94. The Kier molecular flexibility index (Phi) is 4.63. The highest BCUT2D eigenvalue weighted by molar-refractivity contribution is 9.10. The molecule has 2 aliphatic heterocycles. The molecule has 0 saturated heterocycles. The molecule has 0 bridgehead atoms. The summed E-state index contributed by atoms with van der Waals surface area (Å²) in [5.74, 6) is 0. The van der Waals surface area contributed by atoms with Crippen molar-refractivity contribution in [2.45, 2.75) is 6.04 Å². The third-order valence-electron chi connectivity index (χ3n) is 4.83. The normalized spacial score (nSPS) is 18.2. The van der Waals surface area contributed by atoms with Crippen molar-refractivity contribution < 1.29 is 0 Å². The Morgan fingerprint density at radius 2 is 1.43 bits per heavy atom. The van der Waals surface area contributed by atoms with Gasteiger partial charge in [0.1, 0.15) is 6.04 Å². The van der Waals surface area contributed by atoms with Crippen molar-refractivity contribution in [3.05, 3.63) is 112 Å². The van der Waals surface area contributed by atoms with Crippen LogP contribution in [0.25, 0.3) is 5.70 Å². The molecule has 3 nitrogen and oxygen atoms in total. The number of thioether (sulfide) groups is 1. The topological polar surface area (TPSA) is 28.0 Å². The first-order valence-corrected chi connectivity index (χ1v) is 10.7. The predicted octanol–water partition coefficient (Wildman–Crippen LogP) is 6.31. The van der Waals surface area contributed by atoms with E-state index >= 15 is 0 Å². The van der Waals surface area contributed by atoms with Crippen molar-refractivity contribution in [2.75, 3.05) is 0 Å². The van der Waals surface area contributed by atoms with Crippen LogP contribution in [0.5, 0.6) is 0 Å². The Bertz CT molecular complexity index is 1090. The quantitative estimate of drug-likeness (QED) is 0.472. The van der Waals surface area contributed by atoms with Crippen molar-refractivity contribution >= 4 is 44.3 Å². The van der Waals surface area contributed by atoms with Crippen molar-refractivity contribution in [3.63, 3.8) is 0 Å². The Morgan fingerprint density at radius 1 is 0.750 bits per heavy atom. The van der Waals surface area contributed by atoms with Crippen LogP contribution in [0.4, 0.5) is 0 Å². The van der Waals surface area contributed by atoms with Crippen LogP contribution in [0, 0.1) is 0 Å². The van der Waals surface area contributed by atoms with Crippen LogP contribution < -0.4 is 0 Å². The van der Waals surface area contributed by atoms with Crippen LogP contribution in [0.1, 0.15) is 22.7 Å². The number of hydrogen-bond donors (Lipinski definition) is 0. The number of nitrogens with zero attached hydrogens (tertiary/aromatic N) is 3. The van der Waals surface area contributed by atoms with E-state index in [1.807, 2.05) is 24.3 Å². The van der Waals surface area contributed by atoms with Crippen LogP contribution in [-0.4, -0.2) is 15.8 Å². The average Bonchev–Trinajstić information content (AvgIpc) is 3.19. The Balaban J connectivity index is 1.65. The molecule has 0 radical (unpaired) electrons. The van der Waals surface area contributed by atoms with Gasteiger partial charge in [0, 0.05) is 15.4 Å². The van der Waals surface area contributed by atoms with Crippen molar-refractivity contribution in [1.82, 2.24) is 4.90 Å². The zero-order valence-corrected chi connectivity index (χ0v) is 17.3. The van der Waals surface area contributed by atoms with E-state index in [2.05, 4.69) is 97.1 Å². The van der Waals surface area contributed by atoms with Gasteiger partial charge in [-0.25, -0.2) is 0 Å². The van der Waals surface area contributed by atoms with E-state index in [9.17, 15) is 0 Å². The van der Waals surface area contributed by atoms with E-state index in [4.69, 9.17) is 0 Å². The van der Waals surface area contributed by atoms with Crippen molar-refractivity contribution in [2.24, 2.45) is 10.2 Å². The monoisotopic (exact) mass is 445 g/mol. The maximum Gasteiger partial charge on any atom is 0.195 e. The molecule has 1 atom stereocenters. The standard InChI is InChI=1S/C23H16BrN3S/c24-19-13-11-16(12-14-19)20-15-28-23-26-25-21(17-7-3-1-4-8-17)22(27(20)23)18-9-5-2-6-10-18/h1-15,22H/t22-/m0/s1. The van der Waals surface area contributed by atoms with Gasteiger partial charge in [0.15, 0.2) is 5.17 Å². The third-order valence-corrected chi connectivity index (χ3v) is 6.19. The predicted molar refractivity (Wildman–Crippen MR) is 121 cm³/mol. The van der Waals surface area contributed by atoms with Gasteiger partial charge in [-0.2, -0.15) is 0 Å². The molecular formula is C23H16BrN3S. The second kappa shape index (κ2) is 7.41. The Labute approximate surface area is 176 Å². The molecular weight excluding hydrogens is 430 g/mol. The zero-order chi connectivity index (χ0) is 18.9. The summed E-state index contributed by atoms with van der Waals surface area (Å²) >= 11 is 5.15. The summed E-state index contributed by atoms with van der Waals surface area (Å²) < 4.78 is 1.07. The number of rotatable bonds is 3. The fourth-order valence-electron chi connectivity index (χ4n) is 3.51. The lowest BCUT2D eigenvalue weighted by Crippen LogP contribution is -2.37. The molecule has 2 aliphatic rings. The Morgan fingerprint density at radius 3 is 2.14 bits per heavy atom. The maximum atomic E-state index is 4.64. The number of amidine groups is 1. The molecule has 2 heterocycles. The highest BCUT2D eigenvalue weighted by Gasteiger charge is 2.38. The van der Waals surface area contributed by atoms with Gasteiger partial charge in [-0.3, -0.25) is 0 Å². The summed E-state index contributed by atoms with van der Waals surface area (Å²) in [5.41, 5.74) is 5.56. The number of hydrogen-bond acceptors (Lipinski definition) is 4. The van der Waals surface area contributed by atoms with Crippen LogP contribution in [-0.2, 0) is 0 Å². The van der Waals surface area contributed by atoms with Crippen LogP contribution in [0.3, 0.4) is 0 Å². The molecule has 0 unspecified atom stereocenters. The molecule has 3 aromatic rings. The summed E-state index contributed by atoms with van der Waals surface area (Å²) in [5, 5.41) is 12.3. The first-order valence-electron chi connectivity index (χ1n) is 8.99. The van der Waals surface area contributed by atoms with Gasteiger partial charge in [0.25, 0.3) is 0 Å². The minimum atomic E-state index is -0.0269. The third kappa shape index (κ3) is 3.11. The van der Waals surface area contributed by atoms with Crippen LogP contribution in [0.15, 0.2) is 105 Å². The average molecular weight is 446 g/mol. The maximum absolute atomic E-state index is 4.64. The molecule has 0 N–H and O–H groups in total. The SMILES string of the molecule is Brc1ccc(C2=CSC3=NN=C(c4ccccc4)[C@H](c4ccccc4)N23)cc1. The minimum absolute atomic E-state index is 0.0269. The lowest BCUT2D eigenvalue weighted by Gasteiger charge is -2.35. The minimum Gasteiger partial charge on any atom is -0.305 e. The van der Waals surface area contributed by atoms with Crippen molar-refractivity contribution in [1.29, 1.82) is 0 Å². The van der Waals surface area contributed by atoms with Gasteiger partial charge >= 0.3 is 0 Å². The highest BCUT2D eigenvalue weighted by atomic mass is 79.9. The van der Waals surface area contributed by atoms with E-state index < -0.39 is 0 Å². The van der Waals surface area contributed by atoms with Gasteiger partial charge in [0.2, 0.25) is 0 Å². The fraction of sp³-hybridized carbons (Fsp3) is 0.0435. The first kappa shape index (κ1) is 17.5. The van der Waals surface area contributed by atoms with E-state index in [-0.39, 0.29) is 6.04 Å². The molecule has 0 amide bonds. The molecule has 0 saturated carbocycles. The molecule has 0 spiro atoms. The molecule has 3 aromatic carbocycles. The summed E-state index contributed by atoms with van der Waals surface area (Å²) in [6.45, 7) is 0. The van der Waals surface area contributed by atoms with Gasteiger partial charge in [0.05, 0.1) is 11.4 Å². The summed E-state index contributed by atoms with van der Waals surface area (Å²) in [7, 11) is 0. The van der Waals surface area contributed by atoms with E-state index in [1.54, 1.807) is 11.8 Å². The van der Waals surface area contributed by atoms with Gasteiger partial charge in [-0.05, 0) is 23.3 Å². The number of benzene rings is 3. The summed E-state index contributed by atoms with van der Waals surface area (Å²) in [6, 6.07) is 29.2. The number of halogens is 1. The Hall–Kier alpha value is -2.63.